The van der Waals surface area contributed by atoms with Crippen molar-refractivity contribution in [1.29, 1.82) is 0 Å². The van der Waals surface area contributed by atoms with E-state index in [9.17, 15) is 30.0 Å². The third-order valence-electron chi connectivity index (χ3n) is 9.35. The number of unbranched alkanes of at least 4 members (excludes halogenated alkanes) is 11. The van der Waals surface area contributed by atoms with Crippen molar-refractivity contribution in [3.8, 4) is 0 Å². The van der Waals surface area contributed by atoms with Gasteiger partial charge in [0.05, 0.1) is 13.2 Å². The van der Waals surface area contributed by atoms with Crippen LogP contribution in [0.1, 0.15) is 149 Å². The summed E-state index contributed by atoms with van der Waals surface area (Å²) in [4.78, 5) is 25.3. The van der Waals surface area contributed by atoms with Gasteiger partial charge in [0.1, 0.15) is 31.0 Å². The fraction of sp³-hybridized carbons (Fsp3) is 0.681. The molecule has 10 nitrogen and oxygen atoms in total. The highest BCUT2D eigenvalue weighted by atomic mass is 16.7. The van der Waals surface area contributed by atoms with Gasteiger partial charge in [-0.3, -0.25) is 9.59 Å². The van der Waals surface area contributed by atoms with Gasteiger partial charge in [-0.25, -0.2) is 0 Å². The number of rotatable bonds is 34. The van der Waals surface area contributed by atoms with Crippen molar-refractivity contribution in [1.82, 2.24) is 0 Å². The Hall–Kier alpha value is -3.08. The summed E-state index contributed by atoms with van der Waals surface area (Å²) in [5.74, 6) is -0.904. The molecule has 0 radical (unpaired) electrons. The molecular weight excluding hydrogens is 725 g/mol. The van der Waals surface area contributed by atoms with Crippen molar-refractivity contribution >= 4 is 11.9 Å². The Morgan fingerprint density at radius 1 is 0.614 bits per heavy atom. The summed E-state index contributed by atoms with van der Waals surface area (Å²) in [5, 5.41) is 40.0. The maximum atomic E-state index is 12.7. The van der Waals surface area contributed by atoms with E-state index in [2.05, 4.69) is 86.4 Å². The molecule has 1 aliphatic heterocycles. The summed E-state index contributed by atoms with van der Waals surface area (Å²) in [5.41, 5.74) is 3.29. The SMILES string of the molecule is CC/C=C/C/C=C/C/C=C/C/C=C/C/C=C/CCCC(=O)OC[C@@H](CO[C@H]1O[C@@H](CO)[C@@H](O)C(O)C1O)OC(=O)CCCCCCCC=C=CCCCCCCC. The van der Waals surface area contributed by atoms with Crippen molar-refractivity contribution in [3.05, 3.63) is 78.6 Å². The van der Waals surface area contributed by atoms with Gasteiger partial charge in [-0.1, -0.05) is 120 Å². The number of esters is 2. The largest absolute Gasteiger partial charge is 0.462 e. The van der Waals surface area contributed by atoms with E-state index in [-0.39, 0.29) is 26.1 Å². The second kappa shape index (κ2) is 37.2. The van der Waals surface area contributed by atoms with Crippen LogP contribution in [0.25, 0.3) is 0 Å². The van der Waals surface area contributed by atoms with Crippen molar-refractivity contribution in [2.45, 2.75) is 185 Å². The van der Waals surface area contributed by atoms with Gasteiger partial charge in [-0.05, 0) is 89.2 Å². The number of hydrogen-bond acceptors (Lipinski definition) is 10. The minimum atomic E-state index is -1.61. The number of carbonyl (C=O) groups is 2. The molecule has 10 heteroatoms. The Bertz CT molecular complexity index is 1210. The number of ether oxygens (including phenoxy) is 4. The van der Waals surface area contributed by atoms with Crippen LogP contribution >= 0.6 is 0 Å². The summed E-state index contributed by atoms with van der Waals surface area (Å²) < 4.78 is 22.0. The van der Waals surface area contributed by atoms with Gasteiger partial charge in [-0.15, -0.1) is 5.73 Å². The van der Waals surface area contributed by atoms with E-state index in [0.717, 1.165) is 70.6 Å². The van der Waals surface area contributed by atoms with E-state index in [1.165, 1.54) is 32.1 Å². The molecule has 4 N–H and O–H groups in total. The van der Waals surface area contributed by atoms with Gasteiger partial charge in [0.2, 0.25) is 0 Å². The van der Waals surface area contributed by atoms with E-state index in [1.807, 2.05) is 6.08 Å². The predicted molar refractivity (Wildman–Crippen MR) is 227 cm³/mol. The summed E-state index contributed by atoms with van der Waals surface area (Å²) in [6.07, 6.45) is 36.9. The topological polar surface area (TPSA) is 152 Å². The molecule has 0 spiro atoms. The summed E-state index contributed by atoms with van der Waals surface area (Å²) in [6.45, 7) is 3.19. The van der Waals surface area contributed by atoms with E-state index in [4.69, 9.17) is 18.9 Å². The highest BCUT2D eigenvalue weighted by molar-refractivity contribution is 5.70. The summed E-state index contributed by atoms with van der Waals surface area (Å²) >= 11 is 0. The van der Waals surface area contributed by atoms with Gasteiger partial charge in [0, 0.05) is 12.8 Å². The number of aliphatic hydroxyl groups is 4. The van der Waals surface area contributed by atoms with Gasteiger partial charge < -0.3 is 39.4 Å². The molecule has 57 heavy (non-hydrogen) atoms. The second-order valence-electron chi connectivity index (χ2n) is 14.5. The van der Waals surface area contributed by atoms with Gasteiger partial charge >= 0.3 is 11.9 Å². The van der Waals surface area contributed by atoms with Crippen molar-refractivity contribution in [2.75, 3.05) is 19.8 Å². The molecule has 1 fully saturated rings. The number of hydrogen-bond donors (Lipinski definition) is 4. The average Bonchev–Trinajstić information content (AvgIpc) is 3.21. The summed E-state index contributed by atoms with van der Waals surface area (Å²) in [6, 6.07) is 0. The number of aliphatic hydroxyl groups excluding tert-OH is 4. The molecule has 0 bridgehead atoms. The zero-order valence-electron chi connectivity index (χ0n) is 35.1. The monoisotopic (exact) mass is 801 g/mol. The molecule has 324 valence electrons. The van der Waals surface area contributed by atoms with E-state index >= 15 is 0 Å². The first kappa shape index (κ1) is 51.9. The van der Waals surface area contributed by atoms with Crippen LogP contribution in [0.5, 0.6) is 0 Å². The Labute approximate surface area is 344 Å². The third-order valence-corrected chi connectivity index (χ3v) is 9.35. The lowest BCUT2D eigenvalue weighted by Gasteiger charge is -2.39. The molecule has 0 aliphatic carbocycles. The van der Waals surface area contributed by atoms with E-state index in [1.54, 1.807) is 0 Å². The van der Waals surface area contributed by atoms with Gasteiger partial charge in [0.15, 0.2) is 12.4 Å². The van der Waals surface area contributed by atoms with Crippen LogP contribution in [0.3, 0.4) is 0 Å². The van der Waals surface area contributed by atoms with Crippen LogP contribution in [0.4, 0.5) is 0 Å². The van der Waals surface area contributed by atoms with Crippen LogP contribution < -0.4 is 0 Å². The Kier molecular flexibility index (Phi) is 33.9. The first-order valence-corrected chi connectivity index (χ1v) is 21.7. The molecule has 1 aliphatic rings. The fourth-order valence-corrected chi connectivity index (χ4v) is 5.91. The van der Waals surface area contributed by atoms with Crippen LogP contribution in [0.2, 0.25) is 0 Å². The highest BCUT2D eigenvalue weighted by Crippen LogP contribution is 2.22. The zero-order valence-corrected chi connectivity index (χ0v) is 35.1. The minimum absolute atomic E-state index is 0.188. The van der Waals surface area contributed by atoms with Crippen molar-refractivity contribution < 1.29 is 49.0 Å². The minimum Gasteiger partial charge on any atom is -0.462 e. The lowest BCUT2D eigenvalue weighted by molar-refractivity contribution is -0.305. The molecular formula is C47H76O10. The highest BCUT2D eigenvalue weighted by Gasteiger charge is 2.44. The Morgan fingerprint density at radius 3 is 1.75 bits per heavy atom. The molecule has 2 unspecified atom stereocenters. The maximum absolute atomic E-state index is 12.7. The smallest absolute Gasteiger partial charge is 0.306 e. The number of carbonyl (C=O) groups excluding carboxylic acids is 2. The van der Waals surface area contributed by atoms with Crippen molar-refractivity contribution in [3.63, 3.8) is 0 Å². The maximum Gasteiger partial charge on any atom is 0.306 e. The molecule has 0 saturated carbocycles. The Balaban J connectivity index is 2.42. The van der Waals surface area contributed by atoms with Crippen LogP contribution in [-0.4, -0.2) is 89.0 Å². The standard InChI is InChI=1S/C47H76O10/c1-3-5-7-9-11-13-15-17-19-20-22-23-25-27-29-31-33-35-42(49)54-38-40(39-55-47-46(53)45(52)44(51)41(37-48)57-47)56-43(50)36-34-32-30-28-26-24-21-18-16-14-12-10-8-6-4-2/h5,7,11,13,16-17,19,21-23,27,29,40-41,44-48,51-53H,3-4,6,8-10,12,14-15,20,24-26,28,30-39H2,1-2H3/b7-5+,13-11+,19-17+,23-22+,29-27+/t18?,40-,41-,44+,45?,46?,47-/m0/s1. The zero-order chi connectivity index (χ0) is 41.6. The van der Waals surface area contributed by atoms with Gasteiger partial charge in [-0.2, -0.15) is 0 Å². The van der Waals surface area contributed by atoms with E-state index in [0.29, 0.717) is 19.3 Å². The van der Waals surface area contributed by atoms with Crippen LogP contribution in [-0.2, 0) is 28.5 Å². The molecule has 1 rings (SSSR count). The lowest BCUT2D eigenvalue weighted by Crippen LogP contribution is -2.59. The Morgan fingerprint density at radius 2 is 1.16 bits per heavy atom. The van der Waals surface area contributed by atoms with E-state index < -0.39 is 55.4 Å². The van der Waals surface area contributed by atoms with Crippen LogP contribution in [0, 0.1) is 0 Å². The molecule has 6 atom stereocenters. The summed E-state index contributed by atoms with van der Waals surface area (Å²) in [7, 11) is 0. The van der Waals surface area contributed by atoms with Crippen molar-refractivity contribution in [2.24, 2.45) is 0 Å². The molecule has 1 saturated heterocycles. The third kappa shape index (κ3) is 28.9. The second-order valence-corrected chi connectivity index (χ2v) is 14.5. The molecule has 0 aromatic carbocycles. The van der Waals surface area contributed by atoms with Crippen LogP contribution in [0.15, 0.2) is 78.6 Å². The first-order valence-electron chi connectivity index (χ1n) is 21.7. The quantitative estimate of drug-likeness (QED) is 0.0215. The molecule has 0 aromatic rings. The normalized spacial score (nSPS) is 20.6. The fourth-order valence-electron chi connectivity index (χ4n) is 5.91. The first-order chi connectivity index (χ1) is 27.8. The molecule has 1 heterocycles. The molecule has 0 aromatic heterocycles. The van der Waals surface area contributed by atoms with Gasteiger partial charge in [0.25, 0.3) is 0 Å². The number of allylic oxidation sites excluding steroid dienone is 11. The molecule has 0 amide bonds. The average molecular weight is 801 g/mol. The lowest BCUT2D eigenvalue weighted by atomic mass is 9.99. The predicted octanol–water partition coefficient (Wildman–Crippen LogP) is 8.98.